The number of carboxylic acid groups (broad SMARTS) is 1. The van der Waals surface area contributed by atoms with Gasteiger partial charge in [-0.1, -0.05) is 72.2 Å². The molecule has 5 heteroatoms. The van der Waals surface area contributed by atoms with E-state index in [0.29, 0.717) is 18.3 Å². The monoisotopic (exact) mass is 602 g/mol. The van der Waals surface area contributed by atoms with E-state index in [2.05, 4.69) is 54.5 Å². The number of rotatable bonds is 4. The van der Waals surface area contributed by atoms with Crippen LogP contribution in [0.2, 0.25) is 0 Å². The second-order valence-electron chi connectivity index (χ2n) is 17.4. The average molecular weight is 603 g/mol. The van der Waals surface area contributed by atoms with Crippen LogP contribution < -0.4 is 0 Å². The minimum absolute atomic E-state index is 0.0664. The van der Waals surface area contributed by atoms with Crippen LogP contribution in [0, 0.1) is 50.2 Å². The average Bonchev–Trinajstić information content (AvgIpc) is 2.94. The van der Waals surface area contributed by atoms with Gasteiger partial charge in [-0.15, -0.1) is 0 Å². The van der Waals surface area contributed by atoms with Crippen LogP contribution in [0.4, 0.5) is 0 Å². The predicted octanol–water partition coefficient (Wildman–Crippen LogP) is 9.20. The summed E-state index contributed by atoms with van der Waals surface area (Å²) >= 11 is 0. The molecule has 0 spiro atoms. The Labute approximate surface area is 264 Å². The number of carbonyl (C=O) groups excluding carboxylic acids is 1. The van der Waals surface area contributed by atoms with Gasteiger partial charge < -0.3 is 14.9 Å². The Morgan fingerprint density at radius 1 is 0.818 bits per heavy atom. The second kappa shape index (κ2) is 10.2. The fraction of sp³-hybridized carbons (Fsp3) is 0.692. The zero-order valence-corrected chi connectivity index (χ0v) is 28.0. The number of hydrogen-bond donors (Lipinski definition) is 2. The van der Waals surface area contributed by atoms with E-state index in [1.165, 1.54) is 6.08 Å². The topological polar surface area (TPSA) is 83.8 Å². The van der Waals surface area contributed by atoms with Gasteiger partial charge in [-0.2, -0.15) is 0 Å². The molecule has 240 valence electrons. The van der Waals surface area contributed by atoms with Crippen molar-refractivity contribution >= 4 is 18.0 Å². The summed E-state index contributed by atoms with van der Waals surface area (Å²) in [7, 11) is 0. The molecule has 0 saturated heterocycles. The smallest absolute Gasteiger partial charge is 0.331 e. The Kier molecular flexibility index (Phi) is 7.30. The van der Waals surface area contributed by atoms with E-state index in [9.17, 15) is 19.8 Å². The lowest BCUT2D eigenvalue weighted by molar-refractivity contribution is -0.199. The van der Waals surface area contributed by atoms with E-state index in [1.54, 1.807) is 35.9 Å². The van der Waals surface area contributed by atoms with Gasteiger partial charge in [-0.25, -0.2) is 4.79 Å². The van der Waals surface area contributed by atoms with Gasteiger partial charge in [-0.3, -0.25) is 4.79 Å². The van der Waals surface area contributed by atoms with Crippen LogP contribution in [0.5, 0.6) is 5.75 Å². The number of phenolic OH excluding ortho intramolecular Hbond substituents is 1. The number of carboxylic acids is 1. The number of hydrogen-bond acceptors (Lipinski definition) is 4. The molecule has 0 radical (unpaired) electrons. The van der Waals surface area contributed by atoms with Crippen molar-refractivity contribution < 1.29 is 24.5 Å². The Balaban J connectivity index is 1.25. The van der Waals surface area contributed by atoms with Gasteiger partial charge in [0.2, 0.25) is 0 Å². The number of benzene rings is 1. The van der Waals surface area contributed by atoms with Crippen LogP contribution in [0.3, 0.4) is 0 Å². The number of aliphatic carboxylic acids is 1. The molecule has 5 aliphatic rings. The Bertz CT molecular complexity index is 1390. The standard InChI is InChI=1S/C39H54O5/c1-34(2)22-23-39(33(42)43)21-16-29-37(6)18-14-27-35(3,4)31(44-32(41)13-10-25-8-11-26(40)12-9-25)17-20-36(27,5)28(37)15-19-38(29,7)30(39)24-34/h8-13,16,27-28,30-31,40H,14-15,17-24H2,1-7H3,(H,42,43)/b13-10+/t27-,28+,30+,31-,36-,37+,38+,39+/m0/s1. The summed E-state index contributed by atoms with van der Waals surface area (Å²) in [6.45, 7) is 16.8. The lowest BCUT2D eigenvalue weighted by Gasteiger charge is -2.70. The van der Waals surface area contributed by atoms with Crippen molar-refractivity contribution in [2.24, 2.45) is 50.2 Å². The van der Waals surface area contributed by atoms with Gasteiger partial charge in [0.25, 0.3) is 0 Å². The van der Waals surface area contributed by atoms with Gasteiger partial charge in [0.05, 0.1) is 5.41 Å². The zero-order valence-electron chi connectivity index (χ0n) is 28.0. The predicted molar refractivity (Wildman–Crippen MR) is 174 cm³/mol. The van der Waals surface area contributed by atoms with Crippen molar-refractivity contribution in [3.63, 3.8) is 0 Å². The van der Waals surface area contributed by atoms with E-state index in [1.807, 2.05) is 0 Å². The SMILES string of the molecule is CC1(C)CC[C@]2(C(=O)O)CC=C3[C@]4(C)CC[C@H]5C(C)(C)[C@@H](OC(=O)/C=C/c6ccc(O)cc6)CC[C@]5(C)[C@H]4CC[C@@]3(C)[C@H]2C1. The molecule has 5 nitrogen and oxygen atoms in total. The molecule has 0 unspecified atom stereocenters. The number of phenols is 1. The molecular formula is C39H54O5. The molecule has 4 fully saturated rings. The molecule has 1 aromatic carbocycles. The maximum absolute atomic E-state index is 13.0. The van der Waals surface area contributed by atoms with Crippen molar-refractivity contribution in [2.45, 2.75) is 119 Å². The summed E-state index contributed by atoms with van der Waals surface area (Å²) in [5.74, 6) is 0.478. The molecule has 0 aliphatic heterocycles. The number of ether oxygens (including phenoxy) is 1. The van der Waals surface area contributed by atoms with Gasteiger partial charge in [0.1, 0.15) is 11.9 Å². The summed E-state index contributed by atoms with van der Waals surface area (Å²) in [4.78, 5) is 25.9. The quantitative estimate of drug-likeness (QED) is 0.204. The van der Waals surface area contributed by atoms with Gasteiger partial charge in [-0.05, 0) is 127 Å². The van der Waals surface area contributed by atoms with Crippen molar-refractivity contribution in [2.75, 3.05) is 0 Å². The number of esters is 1. The number of fused-ring (bicyclic) bond motifs is 7. The molecule has 2 N–H and O–H groups in total. The van der Waals surface area contributed by atoms with Gasteiger partial charge in [0, 0.05) is 11.5 Å². The first-order valence-electron chi connectivity index (χ1n) is 17.1. The molecule has 5 aliphatic carbocycles. The third kappa shape index (κ3) is 4.61. The highest BCUT2D eigenvalue weighted by atomic mass is 16.5. The van der Waals surface area contributed by atoms with E-state index < -0.39 is 11.4 Å². The minimum atomic E-state index is -0.626. The van der Waals surface area contributed by atoms with Crippen LogP contribution in [0.15, 0.2) is 42.0 Å². The number of allylic oxidation sites excluding steroid dienone is 2. The highest BCUT2D eigenvalue weighted by molar-refractivity contribution is 5.87. The summed E-state index contributed by atoms with van der Waals surface area (Å²) in [5, 5.41) is 20.2. The van der Waals surface area contributed by atoms with Gasteiger partial charge in [0.15, 0.2) is 0 Å². The molecule has 0 amide bonds. The zero-order chi connectivity index (χ0) is 31.9. The van der Waals surface area contributed by atoms with Crippen molar-refractivity contribution in [1.82, 2.24) is 0 Å². The first-order valence-corrected chi connectivity index (χ1v) is 17.1. The van der Waals surface area contributed by atoms with Crippen LogP contribution in [-0.2, 0) is 14.3 Å². The first-order chi connectivity index (χ1) is 20.5. The highest BCUT2D eigenvalue weighted by Crippen LogP contribution is 2.75. The van der Waals surface area contributed by atoms with E-state index in [-0.39, 0.29) is 50.8 Å². The fourth-order valence-electron chi connectivity index (χ4n) is 12.0. The molecule has 44 heavy (non-hydrogen) atoms. The molecule has 4 saturated carbocycles. The molecular weight excluding hydrogens is 548 g/mol. The van der Waals surface area contributed by atoms with Crippen molar-refractivity contribution in [1.29, 1.82) is 0 Å². The van der Waals surface area contributed by atoms with E-state index in [4.69, 9.17) is 4.74 Å². The molecule has 0 bridgehead atoms. The summed E-state index contributed by atoms with van der Waals surface area (Å²) < 4.78 is 6.18. The normalized spacial score (nSPS) is 42.2. The van der Waals surface area contributed by atoms with Crippen molar-refractivity contribution in [3.05, 3.63) is 47.6 Å². The Morgan fingerprint density at radius 2 is 1.45 bits per heavy atom. The van der Waals surface area contributed by atoms with Crippen LogP contribution >= 0.6 is 0 Å². The number of aromatic hydroxyl groups is 1. The van der Waals surface area contributed by atoms with Crippen LogP contribution in [0.1, 0.15) is 118 Å². The molecule has 1 aromatic rings. The summed E-state index contributed by atoms with van der Waals surface area (Å²) in [6.07, 6.45) is 15.3. The fourth-order valence-corrected chi connectivity index (χ4v) is 12.0. The van der Waals surface area contributed by atoms with Crippen LogP contribution in [-0.4, -0.2) is 28.3 Å². The minimum Gasteiger partial charge on any atom is -0.508 e. The molecule has 0 aromatic heterocycles. The number of carbonyl (C=O) groups is 2. The third-order valence-electron chi connectivity index (χ3n) is 14.3. The third-order valence-corrected chi connectivity index (χ3v) is 14.3. The lowest BCUT2D eigenvalue weighted by Crippen LogP contribution is -2.64. The largest absolute Gasteiger partial charge is 0.508 e. The lowest BCUT2D eigenvalue weighted by atomic mass is 9.34. The highest BCUT2D eigenvalue weighted by Gasteiger charge is 2.68. The van der Waals surface area contributed by atoms with E-state index >= 15 is 0 Å². The molecule has 8 atom stereocenters. The van der Waals surface area contributed by atoms with Gasteiger partial charge >= 0.3 is 11.9 Å². The van der Waals surface area contributed by atoms with E-state index in [0.717, 1.165) is 63.4 Å². The first kappa shape index (κ1) is 31.4. The Morgan fingerprint density at radius 3 is 2.11 bits per heavy atom. The molecule has 0 heterocycles. The maximum Gasteiger partial charge on any atom is 0.331 e. The summed E-state index contributed by atoms with van der Waals surface area (Å²) in [5.41, 5.74) is 1.95. The van der Waals surface area contributed by atoms with Crippen LogP contribution in [0.25, 0.3) is 6.08 Å². The summed E-state index contributed by atoms with van der Waals surface area (Å²) in [6, 6.07) is 6.79. The van der Waals surface area contributed by atoms with Crippen molar-refractivity contribution in [3.8, 4) is 5.75 Å². The maximum atomic E-state index is 13.0. The second-order valence-corrected chi connectivity index (χ2v) is 17.4. The Hall–Kier alpha value is -2.56. The molecule has 6 rings (SSSR count).